The summed E-state index contributed by atoms with van der Waals surface area (Å²) in [7, 11) is 0. The van der Waals surface area contributed by atoms with Crippen molar-refractivity contribution in [2.24, 2.45) is 11.3 Å². The molecule has 1 atom stereocenters. The van der Waals surface area contributed by atoms with Crippen LogP contribution in [0.15, 0.2) is 28.0 Å². The highest BCUT2D eigenvalue weighted by Crippen LogP contribution is 2.42. The highest BCUT2D eigenvalue weighted by atomic mass is 32.1. The number of hydrogen-bond donors (Lipinski definition) is 0. The molecule has 4 rings (SSSR count). The Morgan fingerprint density at radius 3 is 2.96 bits per heavy atom. The zero-order valence-electron chi connectivity index (χ0n) is 16.4. The van der Waals surface area contributed by atoms with Crippen molar-refractivity contribution in [3.8, 4) is 10.8 Å². The summed E-state index contributed by atoms with van der Waals surface area (Å²) < 4.78 is 11.0. The molecule has 3 aromatic rings. The lowest BCUT2D eigenvalue weighted by atomic mass is 9.72. The predicted octanol–water partition coefficient (Wildman–Crippen LogP) is 5.30. The molecule has 0 saturated heterocycles. The van der Waals surface area contributed by atoms with Crippen LogP contribution in [0, 0.1) is 11.3 Å². The topological polar surface area (TPSA) is 65.2 Å². The molecule has 0 N–H and O–H groups in total. The molecule has 1 aliphatic rings. The second-order valence-corrected chi connectivity index (χ2v) is 10.5. The lowest BCUT2D eigenvalue weighted by Gasteiger charge is -2.33. The Morgan fingerprint density at radius 1 is 1.36 bits per heavy atom. The molecule has 0 radical (unpaired) electrons. The molecule has 1 aliphatic carbocycles. The molecule has 7 heteroatoms. The average molecular weight is 417 g/mol. The zero-order valence-corrected chi connectivity index (χ0v) is 18.0. The van der Waals surface area contributed by atoms with Crippen LogP contribution in [0.2, 0.25) is 0 Å². The minimum atomic E-state index is -0.290. The van der Waals surface area contributed by atoms with Gasteiger partial charge in [0.1, 0.15) is 0 Å². The summed E-state index contributed by atoms with van der Waals surface area (Å²) in [4.78, 5) is 15.3. The third-order valence-corrected chi connectivity index (χ3v) is 7.34. The van der Waals surface area contributed by atoms with E-state index >= 15 is 0 Å². The van der Waals surface area contributed by atoms with Crippen molar-refractivity contribution >= 4 is 28.6 Å². The molecular weight excluding hydrogens is 392 g/mol. The first-order chi connectivity index (χ1) is 13.4. The van der Waals surface area contributed by atoms with Gasteiger partial charge in [0.15, 0.2) is 6.61 Å². The van der Waals surface area contributed by atoms with Gasteiger partial charge in [0.25, 0.3) is 11.8 Å². The molecule has 3 heterocycles. The second kappa shape index (κ2) is 7.79. The van der Waals surface area contributed by atoms with Crippen molar-refractivity contribution in [3.63, 3.8) is 0 Å². The van der Waals surface area contributed by atoms with E-state index in [0.29, 0.717) is 23.1 Å². The second-order valence-electron chi connectivity index (χ2n) is 8.28. The standard InChI is InChI=1S/C21H24N2O3S2/c1-21(2,3)14-6-7-16-13(9-14)10-17(28-16)20-23-22-18(26-20)12-25-19(24)11-15-5-4-8-27-15/h4-5,8,10,14H,6-7,9,11-12H2,1-3H3. The van der Waals surface area contributed by atoms with Crippen molar-refractivity contribution in [2.75, 3.05) is 0 Å². The van der Waals surface area contributed by atoms with Crippen molar-refractivity contribution in [1.82, 2.24) is 10.2 Å². The van der Waals surface area contributed by atoms with Gasteiger partial charge in [0, 0.05) is 9.75 Å². The molecule has 148 valence electrons. The number of fused-ring (bicyclic) bond motifs is 1. The maximum Gasteiger partial charge on any atom is 0.311 e. The van der Waals surface area contributed by atoms with Crippen LogP contribution in [0.25, 0.3) is 10.8 Å². The van der Waals surface area contributed by atoms with Crippen LogP contribution in [0.5, 0.6) is 0 Å². The van der Waals surface area contributed by atoms with E-state index in [-0.39, 0.29) is 19.0 Å². The Balaban J connectivity index is 1.38. The third-order valence-electron chi connectivity index (χ3n) is 5.24. The monoisotopic (exact) mass is 416 g/mol. The molecule has 0 saturated carbocycles. The Hall–Kier alpha value is -1.99. The number of thiophene rings is 2. The van der Waals surface area contributed by atoms with Crippen molar-refractivity contribution < 1.29 is 13.9 Å². The summed E-state index contributed by atoms with van der Waals surface area (Å²) in [5.41, 5.74) is 1.73. The van der Waals surface area contributed by atoms with Gasteiger partial charge in [-0.2, -0.15) is 0 Å². The first kappa shape index (κ1) is 19.3. The van der Waals surface area contributed by atoms with Crippen LogP contribution >= 0.6 is 22.7 Å². The summed E-state index contributed by atoms with van der Waals surface area (Å²) in [5, 5.41) is 10.1. The number of rotatable bonds is 5. The van der Waals surface area contributed by atoms with Gasteiger partial charge in [0.2, 0.25) is 0 Å². The summed E-state index contributed by atoms with van der Waals surface area (Å²) in [6.45, 7) is 6.97. The Bertz CT molecular complexity index is 951. The third kappa shape index (κ3) is 4.36. The van der Waals surface area contributed by atoms with E-state index in [1.54, 1.807) is 11.3 Å². The Morgan fingerprint density at radius 2 is 2.21 bits per heavy atom. The van der Waals surface area contributed by atoms with Crippen molar-refractivity contribution in [2.45, 2.75) is 53.1 Å². The number of carbonyl (C=O) groups is 1. The van der Waals surface area contributed by atoms with E-state index in [2.05, 4.69) is 37.0 Å². The van der Waals surface area contributed by atoms with Crippen LogP contribution in [0.1, 0.15) is 48.4 Å². The predicted molar refractivity (Wildman–Crippen MR) is 110 cm³/mol. The van der Waals surface area contributed by atoms with Crippen LogP contribution in [0.4, 0.5) is 0 Å². The van der Waals surface area contributed by atoms with E-state index in [4.69, 9.17) is 9.15 Å². The van der Waals surface area contributed by atoms with Gasteiger partial charge in [-0.05, 0) is 53.7 Å². The number of aromatic nitrogens is 2. The van der Waals surface area contributed by atoms with E-state index in [0.717, 1.165) is 22.6 Å². The minimum Gasteiger partial charge on any atom is -0.455 e. The molecule has 0 spiro atoms. The summed E-state index contributed by atoms with van der Waals surface area (Å²) in [6, 6.07) is 6.03. The fourth-order valence-electron chi connectivity index (χ4n) is 3.53. The maximum absolute atomic E-state index is 11.9. The van der Waals surface area contributed by atoms with E-state index in [1.807, 2.05) is 17.5 Å². The molecule has 1 unspecified atom stereocenters. The number of carbonyl (C=O) groups excluding carboxylic acids is 1. The summed E-state index contributed by atoms with van der Waals surface area (Å²) >= 11 is 3.28. The van der Waals surface area contributed by atoms with Gasteiger partial charge in [-0.15, -0.1) is 32.9 Å². The average Bonchev–Trinajstić information content (AvgIpc) is 3.38. The SMILES string of the molecule is CC(C)(C)C1CCc2sc(-c3nnc(COC(=O)Cc4cccs4)o3)cc2C1. The van der Waals surface area contributed by atoms with Crippen LogP contribution in [-0.2, 0) is 35.4 Å². The van der Waals surface area contributed by atoms with Crippen molar-refractivity contribution in [3.05, 3.63) is 44.8 Å². The van der Waals surface area contributed by atoms with Gasteiger partial charge in [-0.3, -0.25) is 4.79 Å². The van der Waals surface area contributed by atoms with Gasteiger partial charge in [-0.25, -0.2) is 0 Å². The zero-order chi connectivity index (χ0) is 19.7. The molecule has 28 heavy (non-hydrogen) atoms. The van der Waals surface area contributed by atoms with Crippen molar-refractivity contribution in [1.29, 1.82) is 0 Å². The highest BCUT2D eigenvalue weighted by Gasteiger charge is 2.30. The van der Waals surface area contributed by atoms with E-state index in [1.165, 1.54) is 28.2 Å². The summed E-state index contributed by atoms with van der Waals surface area (Å²) in [5.74, 6) is 1.25. The van der Waals surface area contributed by atoms with Gasteiger partial charge < -0.3 is 9.15 Å². The highest BCUT2D eigenvalue weighted by molar-refractivity contribution is 7.15. The van der Waals surface area contributed by atoms with Crippen LogP contribution in [-0.4, -0.2) is 16.2 Å². The summed E-state index contributed by atoms with van der Waals surface area (Å²) in [6.07, 6.45) is 3.72. The largest absolute Gasteiger partial charge is 0.455 e. The molecular formula is C21H24N2O3S2. The Labute approximate surface area is 172 Å². The minimum absolute atomic E-state index is 0.00833. The molecule has 5 nitrogen and oxygen atoms in total. The maximum atomic E-state index is 11.9. The first-order valence-electron chi connectivity index (χ1n) is 9.51. The number of hydrogen-bond acceptors (Lipinski definition) is 7. The number of nitrogens with zero attached hydrogens (tertiary/aromatic N) is 2. The first-order valence-corrected chi connectivity index (χ1v) is 11.2. The van der Waals surface area contributed by atoms with Gasteiger partial charge in [0.05, 0.1) is 11.3 Å². The van der Waals surface area contributed by atoms with Gasteiger partial charge >= 0.3 is 5.97 Å². The molecule has 0 bridgehead atoms. The number of aryl methyl sites for hydroxylation is 1. The molecule has 0 aliphatic heterocycles. The van der Waals surface area contributed by atoms with Gasteiger partial charge in [-0.1, -0.05) is 26.8 Å². The van der Waals surface area contributed by atoms with Crippen LogP contribution in [0.3, 0.4) is 0 Å². The molecule has 0 aromatic carbocycles. The number of esters is 1. The molecule has 0 amide bonds. The molecule has 3 aromatic heterocycles. The van der Waals surface area contributed by atoms with Crippen LogP contribution < -0.4 is 0 Å². The Kier molecular flexibility index (Phi) is 5.38. The smallest absolute Gasteiger partial charge is 0.311 e. The van der Waals surface area contributed by atoms with E-state index in [9.17, 15) is 4.79 Å². The fraction of sp³-hybridized carbons (Fsp3) is 0.476. The normalized spacial score (nSPS) is 16.8. The quantitative estimate of drug-likeness (QED) is 0.528. The molecule has 0 fully saturated rings. The fourth-order valence-corrected chi connectivity index (χ4v) is 5.35. The number of ether oxygens (including phenoxy) is 1. The lowest BCUT2D eigenvalue weighted by Crippen LogP contribution is -2.26. The van der Waals surface area contributed by atoms with E-state index < -0.39 is 0 Å². The lowest BCUT2D eigenvalue weighted by molar-refractivity contribution is -0.144.